The van der Waals surface area contributed by atoms with E-state index in [4.69, 9.17) is 0 Å². The maximum absolute atomic E-state index is 14.2. The van der Waals surface area contributed by atoms with Gasteiger partial charge in [-0.25, -0.2) is 9.37 Å². The van der Waals surface area contributed by atoms with Gasteiger partial charge in [0.1, 0.15) is 5.82 Å². The third-order valence-electron chi connectivity index (χ3n) is 4.97. The van der Waals surface area contributed by atoms with Crippen LogP contribution in [-0.2, 0) is 6.54 Å². The van der Waals surface area contributed by atoms with E-state index in [1.54, 1.807) is 19.2 Å². The van der Waals surface area contributed by atoms with Crippen molar-refractivity contribution in [1.82, 2.24) is 14.5 Å². The van der Waals surface area contributed by atoms with Crippen LogP contribution in [0.1, 0.15) is 25.3 Å². The molecule has 0 aliphatic carbocycles. The first-order valence-corrected chi connectivity index (χ1v) is 9.33. The van der Waals surface area contributed by atoms with E-state index in [2.05, 4.69) is 33.6 Å². The summed E-state index contributed by atoms with van der Waals surface area (Å²) < 4.78 is 16.4. The summed E-state index contributed by atoms with van der Waals surface area (Å²) in [4.78, 5) is 8.86. The quantitative estimate of drug-likeness (QED) is 0.437. The van der Waals surface area contributed by atoms with Gasteiger partial charge in [0.25, 0.3) is 0 Å². The zero-order valence-corrected chi connectivity index (χ0v) is 15.6. The second kappa shape index (κ2) is 7.31. The molecule has 4 rings (SSSR count). The Kier molecular flexibility index (Phi) is 4.71. The molecule has 0 aliphatic heterocycles. The molecular formula is C23H22FN3. The van der Waals surface area contributed by atoms with Crippen LogP contribution in [0.15, 0.2) is 61.2 Å². The van der Waals surface area contributed by atoms with Gasteiger partial charge in [-0.1, -0.05) is 31.5 Å². The third kappa shape index (κ3) is 3.35. The number of benzene rings is 2. The number of unbranched alkanes of at least 4 members (excludes halogenated alkanes) is 1. The Labute approximate surface area is 158 Å². The molecule has 136 valence electrons. The van der Waals surface area contributed by atoms with Crippen molar-refractivity contribution in [1.29, 1.82) is 0 Å². The fraction of sp³-hybridized carbons (Fsp3) is 0.217. The molecule has 27 heavy (non-hydrogen) atoms. The summed E-state index contributed by atoms with van der Waals surface area (Å²) >= 11 is 0. The van der Waals surface area contributed by atoms with Crippen LogP contribution in [0.3, 0.4) is 0 Å². The minimum atomic E-state index is -0.196. The fourth-order valence-electron chi connectivity index (χ4n) is 3.37. The van der Waals surface area contributed by atoms with E-state index in [0.717, 1.165) is 52.7 Å². The van der Waals surface area contributed by atoms with Crippen LogP contribution in [-0.4, -0.2) is 14.5 Å². The van der Waals surface area contributed by atoms with Crippen molar-refractivity contribution in [3.8, 4) is 22.3 Å². The van der Waals surface area contributed by atoms with Crippen LogP contribution in [0.5, 0.6) is 0 Å². The number of aromatic nitrogens is 3. The van der Waals surface area contributed by atoms with Crippen LogP contribution in [0.25, 0.3) is 33.3 Å². The van der Waals surface area contributed by atoms with Crippen molar-refractivity contribution in [2.45, 2.75) is 33.2 Å². The zero-order chi connectivity index (χ0) is 18.8. The number of imidazole rings is 1. The van der Waals surface area contributed by atoms with Gasteiger partial charge < -0.3 is 4.57 Å². The number of hydrogen-bond donors (Lipinski definition) is 0. The standard InChI is InChI=1S/C23H22FN3/c1-3-4-10-27-15-26-22-12-19(17-8-7-16(2)21(24)11-17)20(13-23(22)27)18-6-5-9-25-14-18/h5-9,11-15H,3-4,10H2,1-2H3. The van der Waals surface area contributed by atoms with Gasteiger partial charge in [-0.2, -0.15) is 0 Å². The zero-order valence-electron chi connectivity index (χ0n) is 15.6. The number of hydrogen-bond acceptors (Lipinski definition) is 2. The normalized spacial score (nSPS) is 11.2. The number of nitrogens with zero attached hydrogens (tertiary/aromatic N) is 3. The Balaban J connectivity index is 1.95. The van der Waals surface area contributed by atoms with Crippen LogP contribution in [0.2, 0.25) is 0 Å². The Bertz CT molecular complexity index is 1080. The molecule has 0 atom stereocenters. The van der Waals surface area contributed by atoms with E-state index < -0.39 is 0 Å². The van der Waals surface area contributed by atoms with Gasteiger partial charge in [0.2, 0.25) is 0 Å². The molecule has 0 amide bonds. The number of fused-ring (bicyclic) bond motifs is 1. The summed E-state index contributed by atoms with van der Waals surface area (Å²) in [6.45, 7) is 4.90. The molecule has 2 heterocycles. The molecule has 4 heteroatoms. The van der Waals surface area contributed by atoms with Gasteiger partial charge in [-0.05, 0) is 59.9 Å². The van der Waals surface area contributed by atoms with Gasteiger partial charge in [-0.15, -0.1) is 0 Å². The number of halogens is 1. The minimum absolute atomic E-state index is 0.196. The number of rotatable bonds is 5. The lowest BCUT2D eigenvalue weighted by molar-refractivity contribution is 0.619. The van der Waals surface area contributed by atoms with E-state index in [1.165, 1.54) is 0 Å². The van der Waals surface area contributed by atoms with Crippen molar-refractivity contribution < 1.29 is 4.39 Å². The van der Waals surface area contributed by atoms with Gasteiger partial charge in [0.05, 0.1) is 17.4 Å². The molecule has 4 aromatic rings. The molecule has 0 radical (unpaired) electrons. The predicted octanol–water partition coefficient (Wildman–Crippen LogP) is 6.01. The van der Waals surface area contributed by atoms with E-state index in [1.807, 2.05) is 36.8 Å². The molecule has 0 bridgehead atoms. The van der Waals surface area contributed by atoms with Gasteiger partial charge in [-0.3, -0.25) is 4.98 Å². The van der Waals surface area contributed by atoms with Crippen LogP contribution >= 0.6 is 0 Å². The number of pyridine rings is 1. The van der Waals surface area contributed by atoms with Gasteiger partial charge in [0, 0.05) is 24.5 Å². The Morgan fingerprint density at radius 3 is 2.63 bits per heavy atom. The Morgan fingerprint density at radius 1 is 1.04 bits per heavy atom. The summed E-state index contributed by atoms with van der Waals surface area (Å²) in [7, 11) is 0. The van der Waals surface area contributed by atoms with Crippen LogP contribution in [0.4, 0.5) is 4.39 Å². The van der Waals surface area contributed by atoms with E-state index in [-0.39, 0.29) is 5.82 Å². The van der Waals surface area contributed by atoms with Gasteiger partial charge >= 0.3 is 0 Å². The number of aryl methyl sites for hydroxylation is 2. The van der Waals surface area contributed by atoms with Crippen molar-refractivity contribution in [2.24, 2.45) is 0 Å². The highest BCUT2D eigenvalue weighted by molar-refractivity contribution is 5.93. The second-order valence-electron chi connectivity index (χ2n) is 6.88. The molecular weight excluding hydrogens is 337 g/mol. The topological polar surface area (TPSA) is 30.7 Å². The minimum Gasteiger partial charge on any atom is -0.331 e. The monoisotopic (exact) mass is 359 g/mol. The molecule has 0 saturated carbocycles. The maximum Gasteiger partial charge on any atom is 0.126 e. The first-order valence-electron chi connectivity index (χ1n) is 9.33. The molecule has 0 N–H and O–H groups in total. The Morgan fingerprint density at radius 2 is 1.89 bits per heavy atom. The molecule has 0 spiro atoms. The molecule has 3 nitrogen and oxygen atoms in total. The molecule has 0 saturated heterocycles. The van der Waals surface area contributed by atoms with Crippen molar-refractivity contribution >= 4 is 11.0 Å². The average molecular weight is 359 g/mol. The van der Waals surface area contributed by atoms with Crippen LogP contribution < -0.4 is 0 Å². The van der Waals surface area contributed by atoms with E-state index in [9.17, 15) is 4.39 Å². The van der Waals surface area contributed by atoms with E-state index in [0.29, 0.717) is 5.56 Å². The van der Waals surface area contributed by atoms with E-state index >= 15 is 0 Å². The lowest BCUT2D eigenvalue weighted by atomic mass is 9.94. The molecule has 0 fully saturated rings. The first kappa shape index (κ1) is 17.4. The third-order valence-corrected chi connectivity index (χ3v) is 4.97. The smallest absolute Gasteiger partial charge is 0.126 e. The van der Waals surface area contributed by atoms with Crippen LogP contribution in [0, 0.1) is 12.7 Å². The molecule has 0 aliphatic rings. The maximum atomic E-state index is 14.2. The lowest BCUT2D eigenvalue weighted by Crippen LogP contribution is -1.96. The van der Waals surface area contributed by atoms with Crippen molar-refractivity contribution in [3.63, 3.8) is 0 Å². The van der Waals surface area contributed by atoms with Crippen molar-refractivity contribution in [3.05, 3.63) is 72.6 Å². The summed E-state index contributed by atoms with van der Waals surface area (Å²) in [5.74, 6) is -0.196. The lowest BCUT2D eigenvalue weighted by Gasteiger charge is -2.12. The largest absolute Gasteiger partial charge is 0.331 e. The highest BCUT2D eigenvalue weighted by atomic mass is 19.1. The fourth-order valence-corrected chi connectivity index (χ4v) is 3.37. The molecule has 0 unspecified atom stereocenters. The summed E-state index contributed by atoms with van der Waals surface area (Å²) in [6.07, 6.45) is 7.75. The Hall–Kier alpha value is -3.01. The molecule has 2 aromatic carbocycles. The highest BCUT2D eigenvalue weighted by Crippen LogP contribution is 2.35. The van der Waals surface area contributed by atoms with Gasteiger partial charge in [0.15, 0.2) is 0 Å². The summed E-state index contributed by atoms with van der Waals surface area (Å²) in [5, 5.41) is 0. The molecule has 2 aromatic heterocycles. The highest BCUT2D eigenvalue weighted by Gasteiger charge is 2.14. The first-order chi connectivity index (χ1) is 13.2. The SMILES string of the molecule is CCCCn1cnc2cc(-c3ccc(C)c(F)c3)c(-c3cccnc3)cc21. The summed E-state index contributed by atoms with van der Waals surface area (Å²) in [5.41, 5.74) is 6.53. The summed E-state index contributed by atoms with van der Waals surface area (Å²) in [6, 6.07) is 13.6. The second-order valence-corrected chi connectivity index (χ2v) is 6.88. The average Bonchev–Trinajstić information content (AvgIpc) is 3.10. The predicted molar refractivity (Wildman–Crippen MR) is 108 cm³/mol. The van der Waals surface area contributed by atoms with Crippen molar-refractivity contribution in [2.75, 3.05) is 0 Å².